The number of piperazine rings is 1. The number of benzene rings is 2. The summed E-state index contributed by atoms with van der Waals surface area (Å²) in [6, 6.07) is 17.6. The molecule has 1 N–H and O–H groups in total. The van der Waals surface area contributed by atoms with Gasteiger partial charge in [0.05, 0.1) is 23.2 Å². The molecule has 33 heavy (non-hydrogen) atoms. The number of nitrogens with zero attached hydrogens (tertiary/aromatic N) is 5. The highest BCUT2D eigenvalue weighted by molar-refractivity contribution is 6.32. The smallest absolute Gasteiger partial charge is 0.241 e. The molecule has 1 aromatic heterocycles. The van der Waals surface area contributed by atoms with Gasteiger partial charge in [0.2, 0.25) is 5.91 Å². The highest BCUT2D eigenvalue weighted by Gasteiger charge is 2.18. The molecule has 172 valence electrons. The van der Waals surface area contributed by atoms with E-state index in [0.29, 0.717) is 34.4 Å². The van der Waals surface area contributed by atoms with Crippen molar-refractivity contribution in [3.63, 3.8) is 0 Å². The number of hydrazone groups is 1. The molecule has 0 bridgehead atoms. The Labute approximate surface area is 203 Å². The molecular formula is C24H26Cl2N6O. The van der Waals surface area contributed by atoms with Crippen LogP contribution >= 0.6 is 23.2 Å². The van der Waals surface area contributed by atoms with Gasteiger partial charge < -0.3 is 4.90 Å². The summed E-state index contributed by atoms with van der Waals surface area (Å²) in [7, 11) is 0. The first kappa shape index (κ1) is 23.3. The number of hydrogen-bond donors (Lipinski definition) is 1. The minimum atomic E-state index is -0.129. The molecule has 1 saturated heterocycles. The van der Waals surface area contributed by atoms with Gasteiger partial charge in [0, 0.05) is 49.9 Å². The van der Waals surface area contributed by atoms with E-state index >= 15 is 0 Å². The molecule has 0 spiro atoms. The van der Waals surface area contributed by atoms with E-state index in [1.54, 1.807) is 16.8 Å². The Hall–Kier alpha value is -2.87. The summed E-state index contributed by atoms with van der Waals surface area (Å²) in [4.78, 5) is 16.9. The Balaban J connectivity index is 1.25. The van der Waals surface area contributed by atoms with E-state index in [4.69, 9.17) is 23.2 Å². The van der Waals surface area contributed by atoms with Crippen molar-refractivity contribution in [3.05, 3.63) is 76.0 Å². The lowest BCUT2D eigenvalue weighted by atomic mass is 10.2. The number of para-hydroxylation sites is 1. The number of aromatic nitrogens is 2. The predicted octanol–water partition coefficient (Wildman–Crippen LogP) is 4.15. The second-order valence-electron chi connectivity index (χ2n) is 7.89. The van der Waals surface area contributed by atoms with Crippen LogP contribution in [0.2, 0.25) is 10.2 Å². The molecule has 0 aliphatic carbocycles. The van der Waals surface area contributed by atoms with E-state index in [-0.39, 0.29) is 5.91 Å². The standard InChI is InChI=1S/C24H26Cl2N6O/c1-18-22(24(26)32(29-18)21-9-7-19(25)8-10-21)17-27-28-23(33)11-12-30-13-15-31(16-14-30)20-5-3-2-4-6-20/h2-10,17H,11-16H2,1H3,(H,28,33)/b27-17+. The van der Waals surface area contributed by atoms with Crippen LogP contribution in [0.4, 0.5) is 5.69 Å². The fourth-order valence-corrected chi connectivity index (χ4v) is 4.21. The minimum Gasteiger partial charge on any atom is -0.369 e. The van der Waals surface area contributed by atoms with E-state index in [1.807, 2.05) is 25.1 Å². The highest BCUT2D eigenvalue weighted by Crippen LogP contribution is 2.23. The Morgan fingerprint density at radius 1 is 1.03 bits per heavy atom. The third-order valence-electron chi connectivity index (χ3n) is 5.65. The first-order valence-electron chi connectivity index (χ1n) is 10.9. The maximum absolute atomic E-state index is 12.3. The minimum absolute atomic E-state index is 0.129. The van der Waals surface area contributed by atoms with Crippen molar-refractivity contribution in [1.82, 2.24) is 20.1 Å². The summed E-state index contributed by atoms with van der Waals surface area (Å²) in [5.41, 5.74) is 6.01. The van der Waals surface area contributed by atoms with E-state index in [9.17, 15) is 4.79 Å². The second kappa shape index (κ2) is 10.8. The Bertz CT molecular complexity index is 1110. The van der Waals surface area contributed by atoms with Crippen molar-refractivity contribution in [2.24, 2.45) is 5.10 Å². The monoisotopic (exact) mass is 484 g/mol. The molecule has 1 fully saturated rings. The molecule has 0 saturated carbocycles. The number of carbonyl (C=O) groups excluding carboxylic acids is 1. The molecule has 7 nitrogen and oxygen atoms in total. The average Bonchev–Trinajstić information content (AvgIpc) is 3.12. The zero-order valence-corrected chi connectivity index (χ0v) is 19.9. The second-order valence-corrected chi connectivity index (χ2v) is 8.68. The molecule has 0 atom stereocenters. The maximum Gasteiger partial charge on any atom is 0.241 e. The number of aryl methyl sites for hydroxylation is 1. The number of hydrogen-bond acceptors (Lipinski definition) is 5. The molecule has 1 aliphatic rings. The zero-order valence-electron chi connectivity index (χ0n) is 18.4. The van der Waals surface area contributed by atoms with Gasteiger partial charge in [-0.2, -0.15) is 10.2 Å². The molecule has 1 aliphatic heterocycles. The number of halogens is 2. The van der Waals surface area contributed by atoms with Crippen molar-refractivity contribution in [3.8, 4) is 5.69 Å². The predicted molar refractivity (Wildman–Crippen MR) is 134 cm³/mol. The lowest BCUT2D eigenvalue weighted by Gasteiger charge is -2.36. The van der Waals surface area contributed by atoms with Crippen molar-refractivity contribution in [1.29, 1.82) is 0 Å². The van der Waals surface area contributed by atoms with Gasteiger partial charge in [-0.05, 0) is 43.3 Å². The van der Waals surface area contributed by atoms with Crippen molar-refractivity contribution >= 4 is 41.0 Å². The fourth-order valence-electron chi connectivity index (χ4n) is 3.76. The van der Waals surface area contributed by atoms with Crippen LogP contribution < -0.4 is 10.3 Å². The zero-order chi connectivity index (χ0) is 23.2. The number of anilines is 1. The summed E-state index contributed by atoms with van der Waals surface area (Å²) in [5, 5.41) is 9.61. The van der Waals surface area contributed by atoms with Crippen LogP contribution in [0.15, 0.2) is 59.7 Å². The third kappa shape index (κ3) is 5.93. The van der Waals surface area contributed by atoms with Crippen LogP contribution in [0.5, 0.6) is 0 Å². The summed E-state index contributed by atoms with van der Waals surface area (Å²) < 4.78 is 1.62. The highest BCUT2D eigenvalue weighted by atomic mass is 35.5. The summed E-state index contributed by atoms with van der Waals surface area (Å²) in [6.07, 6.45) is 1.92. The van der Waals surface area contributed by atoms with Gasteiger partial charge in [-0.25, -0.2) is 10.1 Å². The van der Waals surface area contributed by atoms with Crippen molar-refractivity contribution < 1.29 is 4.79 Å². The average molecular weight is 485 g/mol. The summed E-state index contributed by atoms with van der Waals surface area (Å²) in [5.74, 6) is -0.129. The van der Waals surface area contributed by atoms with Gasteiger partial charge in [-0.15, -0.1) is 0 Å². The molecule has 0 radical (unpaired) electrons. The fraction of sp³-hybridized carbons (Fsp3) is 0.292. The topological polar surface area (TPSA) is 65.8 Å². The van der Waals surface area contributed by atoms with Crippen LogP contribution in [-0.2, 0) is 4.79 Å². The Kier molecular flexibility index (Phi) is 7.65. The lowest BCUT2D eigenvalue weighted by Crippen LogP contribution is -2.47. The number of amides is 1. The summed E-state index contributed by atoms with van der Waals surface area (Å²) in [6.45, 7) is 6.33. The van der Waals surface area contributed by atoms with Crippen LogP contribution in [0.3, 0.4) is 0 Å². The molecule has 9 heteroatoms. The van der Waals surface area contributed by atoms with Crippen LogP contribution in [0.25, 0.3) is 5.69 Å². The lowest BCUT2D eigenvalue weighted by molar-refractivity contribution is -0.121. The van der Waals surface area contributed by atoms with Gasteiger partial charge >= 0.3 is 0 Å². The first-order chi connectivity index (χ1) is 16.0. The number of carbonyl (C=O) groups is 1. The van der Waals surface area contributed by atoms with Gasteiger partial charge in [0.1, 0.15) is 5.15 Å². The van der Waals surface area contributed by atoms with Gasteiger partial charge in [-0.1, -0.05) is 41.4 Å². The van der Waals surface area contributed by atoms with E-state index in [0.717, 1.165) is 31.9 Å². The quantitative estimate of drug-likeness (QED) is 0.404. The number of nitrogens with one attached hydrogen (secondary N) is 1. The largest absolute Gasteiger partial charge is 0.369 e. The SMILES string of the molecule is Cc1nn(-c2ccc(Cl)cc2)c(Cl)c1/C=N/NC(=O)CCN1CCN(c2ccccc2)CC1. The molecule has 0 unspecified atom stereocenters. The molecular weight excluding hydrogens is 459 g/mol. The Morgan fingerprint density at radius 3 is 2.42 bits per heavy atom. The first-order valence-corrected chi connectivity index (χ1v) is 11.6. The van der Waals surface area contributed by atoms with Crippen molar-refractivity contribution in [2.45, 2.75) is 13.3 Å². The van der Waals surface area contributed by atoms with Gasteiger partial charge in [0.25, 0.3) is 0 Å². The molecule has 2 heterocycles. The molecule has 3 aromatic rings. The molecule has 4 rings (SSSR count). The van der Waals surface area contributed by atoms with Gasteiger partial charge in [0.15, 0.2) is 0 Å². The Morgan fingerprint density at radius 2 is 1.73 bits per heavy atom. The van der Waals surface area contributed by atoms with Crippen molar-refractivity contribution in [2.75, 3.05) is 37.6 Å². The maximum atomic E-state index is 12.3. The van der Waals surface area contributed by atoms with Gasteiger partial charge in [-0.3, -0.25) is 9.69 Å². The van der Waals surface area contributed by atoms with E-state index in [2.05, 4.69) is 49.7 Å². The van der Waals surface area contributed by atoms with E-state index in [1.165, 1.54) is 11.9 Å². The van der Waals surface area contributed by atoms with Crippen LogP contribution in [-0.4, -0.2) is 59.5 Å². The normalized spacial score (nSPS) is 14.7. The molecule has 1 amide bonds. The molecule has 2 aromatic carbocycles. The summed E-state index contributed by atoms with van der Waals surface area (Å²) >= 11 is 12.4. The van der Waals surface area contributed by atoms with Crippen LogP contribution in [0, 0.1) is 6.92 Å². The van der Waals surface area contributed by atoms with E-state index < -0.39 is 0 Å². The third-order valence-corrected chi connectivity index (χ3v) is 6.27. The van der Waals surface area contributed by atoms with Crippen LogP contribution in [0.1, 0.15) is 17.7 Å². The number of rotatable bonds is 7.